The molecule has 20 heavy (non-hydrogen) atoms. The number of carbonyl (C=O) groups is 1. The molecule has 0 saturated carbocycles. The molecule has 6 nitrogen and oxygen atoms in total. The fourth-order valence-electron chi connectivity index (χ4n) is 1.37. The summed E-state index contributed by atoms with van der Waals surface area (Å²) in [5, 5.41) is 11.5. The number of halogens is 2. The summed E-state index contributed by atoms with van der Waals surface area (Å²) < 4.78 is 28.1. The van der Waals surface area contributed by atoms with Crippen LogP contribution < -0.4 is 10.1 Å². The van der Waals surface area contributed by atoms with Gasteiger partial charge in [-0.3, -0.25) is 0 Å². The summed E-state index contributed by atoms with van der Waals surface area (Å²) >= 11 is 0. The average molecular weight is 281 g/mol. The maximum absolute atomic E-state index is 12.0. The average Bonchev–Trinajstić information content (AvgIpc) is 2.41. The lowest BCUT2D eigenvalue weighted by atomic mass is 10.3. The fraction of sp³-hybridized carbons (Fsp3) is 0.0833. The lowest BCUT2D eigenvalue weighted by Gasteiger charge is -2.07. The van der Waals surface area contributed by atoms with Crippen LogP contribution in [0.2, 0.25) is 0 Å². The molecule has 0 radical (unpaired) electrons. The van der Waals surface area contributed by atoms with Gasteiger partial charge in [0.2, 0.25) is 0 Å². The van der Waals surface area contributed by atoms with Crippen LogP contribution >= 0.6 is 0 Å². The van der Waals surface area contributed by atoms with Crippen molar-refractivity contribution in [2.24, 2.45) is 0 Å². The Labute approximate surface area is 112 Å². The Hall–Kier alpha value is -2.77. The van der Waals surface area contributed by atoms with Crippen LogP contribution in [-0.2, 0) is 0 Å². The molecule has 104 valence electrons. The van der Waals surface area contributed by atoms with E-state index >= 15 is 0 Å². The van der Waals surface area contributed by atoms with Crippen molar-refractivity contribution in [1.29, 1.82) is 0 Å². The van der Waals surface area contributed by atoms with Crippen molar-refractivity contribution in [1.82, 2.24) is 9.97 Å². The summed E-state index contributed by atoms with van der Waals surface area (Å²) in [5.41, 5.74) is 0.403. The predicted octanol–water partition coefficient (Wildman–Crippen LogP) is 2.52. The number of rotatable bonds is 5. The first-order valence-electron chi connectivity index (χ1n) is 5.42. The number of hydrogen-bond acceptors (Lipinski definition) is 5. The summed E-state index contributed by atoms with van der Waals surface area (Å²) in [6.45, 7) is -2.87. The molecule has 1 aromatic heterocycles. The largest absolute Gasteiger partial charge is 0.476 e. The van der Waals surface area contributed by atoms with Crippen molar-refractivity contribution in [3.8, 4) is 5.75 Å². The van der Waals surface area contributed by atoms with Gasteiger partial charge < -0.3 is 15.2 Å². The van der Waals surface area contributed by atoms with Crippen molar-refractivity contribution < 1.29 is 23.4 Å². The minimum absolute atomic E-state index is 0.0397. The molecular formula is C12H9F2N3O3. The summed E-state index contributed by atoms with van der Waals surface area (Å²) in [6, 6.07) is 5.77. The molecule has 0 fully saturated rings. The lowest BCUT2D eigenvalue weighted by molar-refractivity contribution is -0.0498. The van der Waals surface area contributed by atoms with E-state index < -0.39 is 12.6 Å². The molecule has 0 spiro atoms. The molecule has 0 aliphatic rings. The summed E-state index contributed by atoms with van der Waals surface area (Å²) in [4.78, 5) is 18.1. The van der Waals surface area contributed by atoms with Gasteiger partial charge in [0.25, 0.3) is 0 Å². The van der Waals surface area contributed by atoms with Gasteiger partial charge in [0.1, 0.15) is 11.6 Å². The lowest BCUT2D eigenvalue weighted by Crippen LogP contribution is -2.03. The van der Waals surface area contributed by atoms with Crippen LogP contribution in [0, 0.1) is 0 Å². The van der Waals surface area contributed by atoms with Crippen LogP contribution in [0.25, 0.3) is 0 Å². The number of carboxylic acid groups (broad SMARTS) is 1. The summed E-state index contributed by atoms with van der Waals surface area (Å²) in [7, 11) is 0. The Morgan fingerprint density at radius 1 is 1.20 bits per heavy atom. The van der Waals surface area contributed by atoms with Crippen molar-refractivity contribution in [3.63, 3.8) is 0 Å². The van der Waals surface area contributed by atoms with Crippen molar-refractivity contribution >= 4 is 17.5 Å². The first-order valence-corrected chi connectivity index (χ1v) is 5.42. The van der Waals surface area contributed by atoms with Gasteiger partial charge in [-0.05, 0) is 24.3 Å². The molecule has 2 rings (SSSR count). The van der Waals surface area contributed by atoms with Crippen LogP contribution in [-0.4, -0.2) is 27.7 Å². The zero-order valence-electron chi connectivity index (χ0n) is 9.96. The van der Waals surface area contributed by atoms with Crippen molar-refractivity contribution in [3.05, 3.63) is 42.4 Å². The highest BCUT2D eigenvalue weighted by Gasteiger charge is 2.06. The van der Waals surface area contributed by atoms with Crippen molar-refractivity contribution in [2.45, 2.75) is 6.61 Å². The van der Waals surface area contributed by atoms with Gasteiger partial charge in [0.05, 0.1) is 12.4 Å². The fourth-order valence-corrected chi connectivity index (χ4v) is 1.37. The topological polar surface area (TPSA) is 84.3 Å². The predicted molar refractivity (Wildman–Crippen MR) is 65.3 cm³/mol. The SMILES string of the molecule is O=C(O)c1cnc(Nc2ccc(OC(F)F)cc2)cn1. The zero-order valence-corrected chi connectivity index (χ0v) is 9.96. The Balaban J connectivity index is 2.04. The van der Waals surface area contributed by atoms with E-state index in [4.69, 9.17) is 5.11 Å². The smallest absolute Gasteiger partial charge is 0.387 e. The molecule has 8 heteroatoms. The van der Waals surface area contributed by atoms with Crippen LogP contribution in [0.1, 0.15) is 10.5 Å². The van der Waals surface area contributed by atoms with E-state index in [0.29, 0.717) is 11.5 Å². The van der Waals surface area contributed by atoms with E-state index in [9.17, 15) is 13.6 Å². The third-order valence-electron chi connectivity index (χ3n) is 2.22. The second-order valence-corrected chi connectivity index (χ2v) is 3.62. The number of nitrogens with one attached hydrogen (secondary N) is 1. The molecular weight excluding hydrogens is 272 g/mol. The summed E-state index contributed by atoms with van der Waals surface area (Å²) in [5.74, 6) is -0.798. The molecule has 0 atom stereocenters. The number of anilines is 2. The Kier molecular flexibility index (Phi) is 4.04. The number of hydrogen-bond donors (Lipinski definition) is 2. The maximum Gasteiger partial charge on any atom is 0.387 e. The Morgan fingerprint density at radius 2 is 1.90 bits per heavy atom. The van der Waals surface area contributed by atoms with Gasteiger partial charge in [-0.2, -0.15) is 8.78 Å². The van der Waals surface area contributed by atoms with Crippen LogP contribution in [0.4, 0.5) is 20.3 Å². The summed E-state index contributed by atoms with van der Waals surface area (Å²) in [6.07, 6.45) is 2.37. The van der Waals surface area contributed by atoms with Gasteiger partial charge in [0.15, 0.2) is 5.69 Å². The molecule has 1 heterocycles. The van der Waals surface area contributed by atoms with Crippen molar-refractivity contribution in [2.75, 3.05) is 5.32 Å². The third-order valence-corrected chi connectivity index (χ3v) is 2.22. The van der Waals surface area contributed by atoms with Crippen LogP contribution in [0.3, 0.4) is 0 Å². The number of nitrogens with zero attached hydrogens (tertiary/aromatic N) is 2. The molecule has 0 unspecified atom stereocenters. The van der Waals surface area contributed by atoms with Gasteiger partial charge in [-0.25, -0.2) is 14.8 Å². The van der Waals surface area contributed by atoms with E-state index in [-0.39, 0.29) is 11.4 Å². The van der Waals surface area contributed by atoms with Gasteiger partial charge in [-0.15, -0.1) is 0 Å². The molecule has 2 N–H and O–H groups in total. The van der Waals surface area contributed by atoms with E-state index in [0.717, 1.165) is 6.20 Å². The number of aromatic nitrogens is 2. The molecule has 1 aromatic carbocycles. The van der Waals surface area contributed by atoms with E-state index in [1.54, 1.807) is 0 Å². The molecule has 0 aliphatic heterocycles. The second-order valence-electron chi connectivity index (χ2n) is 3.62. The highest BCUT2D eigenvalue weighted by Crippen LogP contribution is 2.19. The minimum Gasteiger partial charge on any atom is -0.476 e. The normalized spacial score (nSPS) is 10.3. The van der Waals surface area contributed by atoms with E-state index in [1.807, 2.05) is 0 Å². The van der Waals surface area contributed by atoms with Crippen LogP contribution in [0.5, 0.6) is 5.75 Å². The van der Waals surface area contributed by atoms with E-state index in [2.05, 4.69) is 20.0 Å². The van der Waals surface area contributed by atoms with E-state index in [1.165, 1.54) is 30.5 Å². The second kappa shape index (κ2) is 5.91. The maximum atomic E-state index is 12.0. The molecule has 2 aromatic rings. The third kappa shape index (κ3) is 3.61. The Morgan fingerprint density at radius 3 is 2.40 bits per heavy atom. The first kappa shape index (κ1) is 13.7. The quantitative estimate of drug-likeness (QED) is 0.876. The Bertz CT molecular complexity index is 588. The number of ether oxygens (including phenoxy) is 1. The molecule has 0 saturated heterocycles. The molecule has 0 bridgehead atoms. The molecule has 0 amide bonds. The van der Waals surface area contributed by atoms with Crippen LogP contribution in [0.15, 0.2) is 36.7 Å². The highest BCUT2D eigenvalue weighted by atomic mass is 19.3. The monoisotopic (exact) mass is 281 g/mol. The number of alkyl halides is 2. The zero-order chi connectivity index (χ0) is 14.5. The highest BCUT2D eigenvalue weighted by molar-refractivity contribution is 5.85. The number of carboxylic acids is 1. The van der Waals surface area contributed by atoms with Gasteiger partial charge >= 0.3 is 12.6 Å². The van der Waals surface area contributed by atoms with Gasteiger partial charge in [0, 0.05) is 5.69 Å². The van der Waals surface area contributed by atoms with Gasteiger partial charge in [-0.1, -0.05) is 0 Å². The molecule has 0 aliphatic carbocycles. The first-order chi connectivity index (χ1) is 9.54. The standard InChI is InChI=1S/C12H9F2N3O3/c13-12(14)20-8-3-1-7(2-4-8)17-10-6-15-9(5-16-10)11(18)19/h1-6,12H,(H,16,17)(H,18,19). The number of aromatic carboxylic acids is 1. The number of benzene rings is 1. The minimum atomic E-state index is -2.87.